The summed E-state index contributed by atoms with van der Waals surface area (Å²) >= 11 is 0. The molecule has 216 valence electrons. The molecule has 1 aliphatic heterocycles. The van der Waals surface area contributed by atoms with E-state index in [4.69, 9.17) is 13.7 Å². The van der Waals surface area contributed by atoms with Crippen molar-refractivity contribution in [3.63, 3.8) is 0 Å². The third-order valence-corrected chi connectivity index (χ3v) is 13.4. The summed E-state index contributed by atoms with van der Waals surface area (Å²) in [6, 6.07) is 15.9. The van der Waals surface area contributed by atoms with Crippen molar-refractivity contribution in [2.45, 2.75) is 122 Å². The van der Waals surface area contributed by atoms with Crippen molar-refractivity contribution in [2.24, 2.45) is 0 Å². The minimum absolute atomic E-state index is 0.0353. The van der Waals surface area contributed by atoms with Gasteiger partial charge in [-0.15, -0.1) is 0 Å². The van der Waals surface area contributed by atoms with Crippen LogP contribution in [-0.4, -0.2) is 32.7 Å². The highest BCUT2D eigenvalue weighted by atomic mass is 28.4. The third kappa shape index (κ3) is 8.21. The SMILES string of the molecule is CC1(C)OB(CC(CC(CCc2ccccc2)O[Si](C)(C)C(C)(C)C)c2ccc(C(F)(F)F)cc2)OC1(C)C. The van der Waals surface area contributed by atoms with E-state index in [9.17, 15) is 13.2 Å². The maximum atomic E-state index is 13.3. The second-order valence-corrected chi connectivity index (χ2v) is 18.3. The average Bonchev–Trinajstić information content (AvgIpc) is 3.01. The van der Waals surface area contributed by atoms with E-state index >= 15 is 0 Å². The van der Waals surface area contributed by atoms with Crippen LogP contribution in [0.15, 0.2) is 54.6 Å². The zero-order valence-electron chi connectivity index (χ0n) is 25.1. The molecule has 0 radical (unpaired) electrons. The summed E-state index contributed by atoms with van der Waals surface area (Å²) in [5.74, 6) is -0.0903. The quantitative estimate of drug-likeness (QED) is 0.270. The summed E-state index contributed by atoms with van der Waals surface area (Å²) in [5, 5.41) is 0.0353. The normalized spacial score (nSPS) is 19.2. The van der Waals surface area contributed by atoms with Crippen molar-refractivity contribution >= 4 is 15.4 Å². The number of benzene rings is 2. The van der Waals surface area contributed by atoms with E-state index in [1.165, 1.54) is 17.7 Å². The third-order valence-electron chi connectivity index (χ3n) is 8.90. The first-order valence-electron chi connectivity index (χ1n) is 14.1. The molecule has 2 unspecified atom stereocenters. The zero-order chi connectivity index (χ0) is 29.3. The predicted octanol–water partition coefficient (Wildman–Crippen LogP) is 9.29. The molecule has 1 heterocycles. The van der Waals surface area contributed by atoms with Crippen LogP contribution in [0, 0.1) is 0 Å². The van der Waals surface area contributed by atoms with Gasteiger partial charge in [-0.05, 0) is 101 Å². The summed E-state index contributed by atoms with van der Waals surface area (Å²) < 4.78 is 59.6. The molecule has 3 rings (SSSR count). The molecule has 1 aliphatic rings. The summed E-state index contributed by atoms with van der Waals surface area (Å²) in [5.41, 5.74) is 0.498. The van der Waals surface area contributed by atoms with Crippen molar-refractivity contribution in [1.82, 2.24) is 0 Å². The Morgan fingerprint density at radius 1 is 0.872 bits per heavy atom. The maximum Gasteiger partial charge on any atom is 0.458 e. The molecule has 3 nitrogen and oxygen atoms in total. The van der Waals surface area contributed by atoms with Gasteiger partial charge in [0.1, 0.15) is 0 Å². The molecular formula is C31H46BF3O3Si. The number of hydrogen-bond donors (Lipinski definition) is 0. The molecule has 0 aliphatic carbocycles. The summed E-state index contributed by atoms with van der Waals surface area (Å²) in [7, 11) is -2.56. The molecule has 0 spiro atoms. The van der Waals surface area contributed by atoms with E-state index in [2.05, 4.69) is 46.0 Å². The molecular weight excluding hydrogens is 516 g/mol. The van der Waals surface area contributed by atoms with Gasteiger partial charge in [0, 0.05) is 6.10 Å². The van der Waals surface area contributed by atoms with Crippen molar-refractivity contribution in [3.05, 3.63) is 71.3 Å². The van der Waals surface area contributed by atoms with Crippen LogP contribution in [0.4, 0.5) is 13.2 Å². The first kappa shape index (κ1) is 31.9. The van der Waals surface area contributed by atoms with E-state index in [1.807, 2.05) is 45.9 Å². The van der Waals surface area contributed by atoms with E-state index < -0.39 is 38.4 Å². The number of rotatable bonds is 10. The lowest BCUT2D eigenvalue weighted by Crippen LogP contribution is -2.44. The fourth-order valence-electron chi connectivity index (χ4n) is 4.71. The Hall–Kier alpha value is -1.61. The van der Waals surface area contributed by atoms with Gasteiger partial charge in [0.2, 0.25) is 0 Å². The van der Waals surface area contributed by atoms with Crippen molar-refractivity contribution in [3.8, 4) is 0 Å². The van der Waals surface area contributed by atoms with Crippen molar-refractivity contribution in [2.75, 3.05) is 0 Å². The summed E-state index contributed by atoms with van der Waals surface area (Å²) in [4.78, 5) is 0. The Bertz CT molecular complexity index is 1050. The second-order valence-electron chi connectivity index (χ2n) is 13.5. The Morgan fingerprint density at radius 2 is 1.41 bits per heavy atom. The van der Waals surface area contributed by atoms with Gasteiger partial charge >= 0.3 is 13.3 Å². The highest BCUT2D eigenvalue weighted by Gasteiger charge is 2.51. The molecule has 8 heteroatoms. The van der Waals surface area contributed by atoms with Crippen LogP contribution in [-0.2, 0) is 26.3 Å². The van der Waals surface area contributed by atoms with Crippen molar-refractivity contribution < 1.29 is 26.9 Å². The number of halogens is 3. The van der Waals surface area contributed by atoms with E-state index in [-0.39, 0.29) is 17.1 Å². The zero-order valence-corrected chi connectivity index (χ0v) is 26.1. The van der Waals surface area contributed by atoms with Gasteiger partial charge in [-0.2, -0.15) is 13.2 Å². The highest BCUT2D eigenvalue weighted by molar-refractivity contribution is 6.74. The lowest BCUT2D eigenvalue weighted by molar-refractivity contribution is -0.137. The molecule has 0 N–H and O–H groups in total. The fourth-order valence-corrected chi connectivity index (χ4v) is 6.12. The fraction of sp³-hybridized carbons (Fsp3) is 0.613. The van der Waals surface area contributed by atoms with Crippen LogP contribution < -0.4 is 0 Å². The Kier molecular flexibility index (Phi) is 9.58. The van der Waals surface area contributed by atoms with Crippen LogP contribution >= 0.6 is 0 Å². The van der Waals surface area contributed by atoms with Gasteiger partial charge in [0.05, 0.1) is 16.8 Å². The molecule has 2 aromatic rings. The molecule has 39 heavy (non-hydrogen) atoms. The van der Waals surface area contributed by atoms with Gasteiger partial charge in [-0.1, -0.05) is 63.2 Å². The van der Waals surface area contributed by atoms with Crippen LogP contribution in [0.1, 0.15) is 83.9 Å². The largest absolute Gasteiger partial charge is 0.458 e. The highest BCUT2D eigenvalue weighted by Crippen LogP contribution is 2.43. The van der Waals surface area contributed by atoms with Crippen molar-refractivity contribution in [1.29, 1.82) is 0 Å². The lowest BCUT2D eigenvalue weighted by Gasteiger charge is -2.40. The molecule has 1 saturated heterocycles. The Labute approximate surface area is 235 Å². The maximum absolute atomic E-state index is 13.3. The number of hydrogen-bond acceptors (Lipinski definition) is 3. The topological polar surface area (TPSA) is 27.7 Å². The van der Waals surface area contributed by atoms with Crippen LogP contribution in [0.5, 0.6) is 0 Å². The lowest BCUT2D eigenvalue weighted by atomic mass is 9.72. The summed E-state index contributed by atoms with van der Waals surface area (Å²) in [6.45, 7) is 19.3. The molecule has 2 atom stereocenters. The Balaban J connectivity index is 1.91. The molecule has 0 aromatic heterocycles. The monoisotopic (exact) mass is 562 g/mol. The van der Waals surface area contributed by atoms with E-state index in [0.29, 0.717) is 12.7 Å². The minimum atomic E-state index is -4.37. The smallest absolute Gasteiger partial charge is 0.414 e. The average molecular weight is 563 g/mol. The van der Waals surface area contributed by atoms with Crippen LogP contribution in [0.3, 0.4) is 0 Å². The molecule has 0 bridgehead atoms. The van der Waals surface area contributed by atoms with Crippen LogP contribution in [0.25, 0.3) is 0 Å². The predicted molar refractivity (Wildman–Crippen MR) is 157 cm³/mol. The first-order valence-corrected chi connectivity index (χ1v) is 17.0. The first-order chi connectivity index (χ1) is 17.8. The van der Waals surface area contributed by atoms with E-state index in [1.54, 1.807) is 12.1 Å². The molecule has 2 aromatic carbocycles. The van der Waals surface area contributed by atoms with Gasteiger partial charge in [-0.3, -0.25) is 0 Å². The van der Waals surface area contributed by atoms with Crippen LogP contribution in [0.2, 0.25) is 24.5 Å². The van der Waals surface area contributed by atoms with Gasteiger partial charge in [0.15, 0.2) is 8.32 Å². The second kappa shape index (κ2) is 11.7. The number of alkyl halides is 3. The van der Waals surface area contributed by atoms with E-state index in [0.717, 1.165) is 18.4 Å². The van der Waals surface area contributed by atoms with Gasteiger partial charge in [0.25, 0.3) is 0 Å². The molecule has 1 fully saturated rings. The summed E-state index contributed by atoms with van der Waals surface area (Å²) in [6.07, 6.45) is -1.51. The Morgan fingerprint density at radius 3 is 1.90 bits per heavy atom. The van der Waals surface area contributed by atoms with Gasteiger partial charge < -0.3 is 13.7 Å². The molecule has 0 saturated carbocycles. The standard InChI is InChI=1S/C31H46BF3O3Si/c1-28(2,3)39(8,9)36-27(20-15-23-13-11-10-12-14-23)21-25(22-32-37-29(4,5)30(6,7)38-32)24-16-18-26(19-17-24)31(33,34)35/h10-14,16-19,25,27H,15,20-22H2,1-9H3. The molecule has 0 amide bonds. The minimum Gasteiger partial charge on any atom is -0.414 e. The number of aryl methyl sites for hydroxylation is 1. The van der Waals surface area contributed by atoms with Gasteiger partial charge in [-0.25, -0.2) is 0 Å².